The number of benzene rings is 1. The van der Waals surface area contributed by atoms with Gasteiger partial charge >= 0.3 is 5.97 Å². The Labute approximate surface area is 94.2 Å². The van der Waals surface area contributed by atoms with Crippen molar-refractivity contribution in [2.45, 2.75) is 13.3 Å². The minimum absolute atomic E-state index is 0.201. The van der Waals surface area contributed by atoms with Crippen LogP contribution in [-0.2, 0) is 9.53 Å². The summed E-state index contributed by atoms with van der Waals surface area (Å²) in [6.45, 7) is 2.07. The number of carbonyl (C=O) groups excluding carboxylic acids is 1. The zero-order valence-electron chi connectivity index (χ0n) is 9.40. The molecule has 1 aromatic carbocycles. The van der Waals surface area contributed by atoms with Crippen molar-refractivity contribution in [1.29, 1.82) is 0 Å². The lowest BCUT2D eigenvalue weighted by molar-refractivity contribution is -0.146. The second-order valence-corrected chi connectivity index (χ2v) is 3.40. The molecule has 1 atom stereocenters. The molecule has 0 spiro atoms. The summed E-state index contributed by atoms with van der Waals surface area (Å²) in [5.74, 6) is -0.557. The molecule has 1 rings (SSSR count). The maximum absolute atomic E-state index is 12.8. The monoisotopic (exact) mass is 226 g/mol. The van der Waals surface area contributed by atoms with Crippen LogP contribution in [0.2, 0.25) is 0 Å². The predicted octanol–water partition coefficient (Wildman–Crippen LogP) is 2.40. The minimum atomic E-state index is -0.358. The van der Waals surface area contributed by atoms with Crippen LogP contribution in [0.1, 0.15) is 13.3 Å². The Balaban J connectivity index is 2.52. The van der Waals surface area contributed by atoms with Crippen molar-refractivity contribution in [1.82, 2.24) is 0 Å². The summed E-state index contributed by atoms with van der Waals surface area (Å²) in [6, 6.07) is 5.82. The number of esters is 1. The maximum atomic E-state index is 12.8. The summed E-state index contributed by atoms with van der Waals surface area (Å²) in [5, 5.41) is 0. The lowest BCUT2D eigenvalue weighted by Crippen LogP contribution is -2.22. The zero-order valence-corrected chi connectivity index (χ0v) is 9.40. The topological polar surface area (TPSA) is 35.5 Å². The fourth-order valence-corrected chi connectivity index (χ4v) is 1.27. The van der Waals surface area contributed by atoms with Gasteiger partial charge < -0.3 is 9.47 Å². The minimum Gasteiger partial charge on any atom is -0.493 e. The van der Waals surface area contributed by atoms with E-state index in [0.29, 0.717) is 12.2 Å². The first-order valence-electron chi connectivity index (χ1n) is 5.13. The molecule has 0 fully saturated rings. The second-order valence-electron chi connectivity index (χ2n) is 3.40. The van der Waals surface area contributed by atoms with Crippen LogP contribution < -0.4 is 4.74 Å². The Kier molecular flexibility index (Phi) is 4.76. The number of hydrogen-bond acceptors (Lipinski definition) is 3. The first-order valence-corrected chi connectivity index (χ1v) is 5.13. The zero-order chi connectivity index (χ0) is 12.0. The summed E-state index contributed by atoms with van der Waals surface area (Å²) in [4.78, 5) is 11.3. The standard InChI is InChI=1S/C12H15FO3/c1-3-9(12(14)15-2)8-16-11-6-4-5-10(13)7-11/h4-7,9H,3,8H2,1-2H3. The summed E-state index contributed by atoms with van der Waals surface area (Å²) in [7, 11) is 1.34. The number of hydrogen-bond donors (Lipinski definition) is 0. The van der Waals surface area contributed by atoms with E-state index in [2.05, 4.69) is 4.74 Å². The first-order chi connectivity index (χ1) is 7.67. The van der Waals surface area contributed by atoms with Gasteiger partial charge in [0.15, 0.2) is 0 Å². The fourth-order valence-electron chi connectivity index (χ4n) is 1.27. The van der Waals surface area contributed by atoms with Gasteiger partial charge in [0.25, 0.3) is 0 Å². The van der Waals surface area contributed by atoms with Crippen LogP contribution in [0.4, 0.5) is 4.39 Å². The van der Waals surface area contributed by atoms with Crippen LogP contribution in [0.3, 0.4) is 0 Å². The molecule has 0 bridgehead atoms. The van der Waals surface area contributed by atoms with Crippen LogP contribution in [-0.4, -0.2) is 19.7 Å². The van der Waals surface area contributed by atoms with Gasteiger partial charge in [0.05, 0.1) is 13.0 Å². The molecule has 16 heavy (non-hydrogen) atoms. The normalized spacial score (nSPS) is 11.9. The smallest absolute Gasteiger partial charge is 0.312 e. The van der Waals surface area contributed by atoms with Gasteiger partial charge in [0.1, 0.15) is 18.2 Å². The van der Waals surface area contributed by atoms with Crippen LogP contribution >= 0.6 is 0 Å². The second kappa shape index (κ2) is 6.10. The molecule has 0 heterocycles. The fraction of sp³-hybridized carbons (Fsp3) is 0.417. The summed E-state index contributed by atoms with van der Waals surface area (Å²) >= 11 is 0. The van der Waals surface area contributed by atoms with Gasteiger partial charge in [0.2, 0.25) is 0 Å². The average molecular weight is 226 g/mol. The SMILES string of the molecule is CCC(COc1cccc(F)c1)C(=O)OC. The highest BCUT2D eigenvalue weighted by molar-refractivity contribution is 5.72. The third-order valence-electron chi connectivity index (χ3n) is 2.27. The lowest BCUT2D eigenvalue weighted by atomic mass is 10.1. The molecular weight excluding hydrogens is 211 g/mol. The Morgan fingerprint density at radius 1 is 1.50 bits per heavy atom. The first kappa shape index (κ1) is 12.5. The van der Waals surface area contributed by atoms with E-state index >= 15 is 0 Å². The summed E-state index contributed by atoms with van der Waals surface area (Å²) < 4.78 is 22.8. The van der Waals surface area contributed by atoms with Gasteiger partial charge in [-0.2, -0.15) is 0 Å². The van der Waals surface area contributed by atoms with E-state index in [1.807, 2.05) is 6.92 Å². The lowest BCUT2D eigenvalue weighted by Gasteiger charge is -2.13. The van der Waals surface area contributed by atoms with Gasteiger partial charge in [-0.3, -0.25) is 4.79 Å². The highest BCUT2D eigenvalue weighted by atomic mass is 19.1. The maximum Gasteiger partial charge on any atom is 0.312 e. The van der Waals surface area contributed by atoms with Crippen molar-refractivity contribution in [3.8, 4) is 5.75 Å². The third kappa shape index (κ3) is 3.53. The number of rotatable bonds is 5. The summed E-state index contributed by atoms with van der Waals surface area (Å²) in [6.07, 6.45) is 0.627. The van der Waals surface area contributed by atoms with E-state index in [1.54, 1.807) is 12.1 Å². The van der Waals surface area contributed by atoms with E-state index in [1.165, 1.54) is 19.2 Å². The quantitative estimate of drug-likeness (QED) is 0.723. The Bertz CT molecular complexity index is 352. The molecule has 0 aliphatic rings. The van der Waals surface area contributed by atoms with Crippen molar-refractivity contribution in [2.75, 3.05) is 13.7 Å². The van der Waals surface area contributed by atoms with Crippen molar-refractivity contribution >= 4 is 5.97 Å². The van der Waals surface area contributed by atoms with Crippen LogP contribution in [0.25, 0.3) is 0 Å². The number of ether oxygens (including phenoxy) is 2. The number of carbonyl (C=O) groups is 1. The Morgan fingerprint density at radius 2 is 2.25 bits per heavy atom. The molecule has 0 saturated carbocycles. The van der Waals surface area contributed by atoms with Gasteiger partial charge in [-0.25, -0.2) is 4.39 Å². The molecular formula is C12H15FO3. The molecule has 0 aliphatic carbocycles. The number of halogens is 1. The van der Waals surface area contributed by atoms with Gasteiger partial charge in [-0.05, 0) is 18.6 Å². The van der Waals surface area contributed by atoms with E-state index in [-0.39, 0.29) is 24.3 Å². The Hall–Kier alpha value is -1.58. The predicted molar refractivity (Wildman–Crippen MR) is 57.7 cm³/mol. The molecule has 1 unspecified atom stereocenters. The molecule has 3 nitrogen and oxygen atoms in total. The van der Waals surface area contributed by atoms with Gasteiger partial charge in [-0.15, -0.1) is 0 Å². The van der Waals surface area contributed by atoms with E-state index in [9.17, 15) is 9.18 Å². The van der Waals surface area contributed by atoms with Gasteiger partial charge in [0, 0.05) is 6.07 Å². The van der Waals surface area contributed by atoms with Crippen molar-refractivity contribution in [2.24, 2.45) is 5.92 Å². The van der Waals surface area contributed by atoms with Gasteiger partial charge in [-0.1, -0.05) is 13.0 Å². The molecule has 0 radical (unpaired) electrons. The van der Waals surface area contributed by atoms with Crippen LogP contribution in [0.15, 0.2) is 24.3 Å². The Morgan fingerprint density at radius 3 is 2.81 bits per heavy atom. The van der Waals surface area contributed by atoms with Crippen molar-refractivity contribution in [3.63, 3.8) is 0 Å². The van der Waals surface area contributed by atoms with Crippen LogP contribution in [0.5, 0.6) is 5.75 Å². The molecule has 0 N–H and O–H groups in total. The molecule has 0 aromatic heterocycles. The molecule has 0 saturated heterocycles. The van der Waals surface area contributed by atoms with Crippen molar-refractivity contribution in [3.05, 3.63) is 30.1 Å². The van der Waals surface area contributed by atoms with Crippen molar-refractivity contribution < 1.29 is 18.7 Å². The molecule has 0 aliphatic heterocycles. The molecule has 1 aromatic rings. The average Bonchev–Trinajstić information content (AvgIpc) is 2.29. The molecule has 0 amide bonds. The number of methoxy groups -OCH3 is 1. The molecule has 88 valence electrons. The summed E-state index contributed by atoms with van der Waals surface area (Å²) in [5.41, 5.74) is 0. The van der Waals surface area contributed by atoms with E-state index in [4.69, 9.17) is 4.74 Å². The van der Waals surface area contributed by atoms with Crippen LogP contribution in [0, 0.1) is 11.7 Å². The highest BCUT2D eigenvalue weighted by Crippen LogP contribution is 2.14. The van der Waals surface area contributed by atoms with E-state index in [0.717, 1.165) is 0 Å². The highest BCUT2D eigenvalue weighted by Gasteiger charge is 2.17. The third-order valence-corrected chi connectivity index (χ3v) is 2.27. The largest absolute Gasteiger partial charge is 0.493 e. The van der Waals surface area contributed by atoms with E-state index < -0.39 is 0 Å². The molecule has 4 heteroatoms.